The minimum absolute atomic E-state index is 0.0534. The van der Waals surface area contributed by atoms with E-state index in [1.54, 1.807) is 12.1 Å². The van der Waals surface area contributed by atoms with Crippen LogP contribution in [0.5, 0.6) is 0 Å². The minimum atomic E-state index is -0.507. The molecular weight excluding hydrogens is 233 g/mol. The first-order valence-corrected chi connectivity index (χ1v) is 5.53. The SMILES string of the molecule is N#Cc1c(F)cccc1Sc1ncns1. The lowest BCUT2D eigenvalue weighted by Crippen LogP contribution is -1.86. The van der Waals surface area contributed by atoms with Crippen molar-refractivity contribution in [2.24, 2.45) is 0 Å². The Morgan fingerprint density at radius 1 is 1.47 bits per heavy atom. The molecule has 15 heavy (non-hydrogen) atoms. The predicted molar refractivity (Wildman–Crippen MR) is 55.1 cm³/mol. The van der Waals surface area contributed by atoms with Crippen LogP contribution in [0.3, 0.4) is 0 Å². The topological polar surface area (TPSA) is 49.6 Å². The molecular formula is C9H4FN3S2. The Labute approximate surface area is 93.8 Å². The molecule has 0 spiro atoms. The highest BCUT2D eigenvalue weighted by atomic mass is 32.2. The van der Waals surface area contributed by atoms with Crippen LogP contribution in [-0.4, -0.2) is 9.36 Å². The fourth-order valence-electron chi connectivity index (χ4n) is 1.000. The van der Waals surface area contributed by atoms with Crippen LogP contribution in [0.1, 0.15) is 5.56 Å². The van der Waals surface area contributed by atoms with Gasteiger partial charge in [-0.3, -0.25) is 0 Å². The lowest BCUT2D eigenvalue weighted by Gasteiger charge is -2.00. The van der Waals surface area contributed by atoms with Gasteiger partial charge in [0.05, 0.1) is 0 Å². The molecule has 2 aromatic rings. The van der Waals surface area contributed by atoms with Gasteiger partial charge >= 0.3 is 0 Å². The second-order valence-corrected chi connectivity index (χ2v) is 4.60. The quantitative estimate of drug-likeness (QED) is 0.805. The second kappa shape index (κ2) is 4.38. The molecule has 1 aromatic carbocycles. The Morgan fingerprint density at radius 3 is 3.00 bits per heavy atom. The highest BCUT2D eigenvalue weighted by Crippen LogP contribution is 2.31. The number of halogens is 1. The van der Waals surface area contributed by atoms with Gasteiger partial charge in [0.1, 0.15) is 23.8 Å². The van der Waals surface area contributed by atoms with Crippen LogP contribution < -0.4 is 0 Å². The van der Waals surface area contributed by atoms with Crippen LogP contribution in [-0.2, 0) is 0 Å². The van der Waals surface area contributed by atoms with Crippen LogP contribution >= 0.6 is 23.3 Å². The molecule has 0 aliphatic rings. The monoisotopic (exact) mass is 237 g/mol. The Balaban J connectivity index is 2.37. The van der Waals surface area contributed by atoms with Gasteiger partial charge < -0.3 is 0 Å². The molecule has 74 valence electrons. The highest BCUT2D eigenvalue weighted by molar-refractivity contribution is 8.01. The lowest BCUT2D eigenvalue weighted by molar-refractivity contribution is 0.620. The summed E-state index contributed by atoms with van der Waals surface area (Å²) >= 11 is 2.45. The van der Waals surface area contributed by atoms with E-state index in [1.807, 2.05) is 6.07 Å². The number of nitrogens with zero attached hydrogens (tertiary/aromatic N) is 3. The average Bonchev–Trinajstić information content (AvgIpc) is 2.71. The van der Waals surface area contributed by atoms with Crippen molar-refractivity contribution >= 4 is 23.3 Å². The van der Waals surface area contributed by atoms with Crippen molar-refractivity contribution in [3.8, 4) is 6.07 Å². The molecule has 0 saturated carbocycles. The van der Waals surface area contributed by atoms with E-state index in [0.717, 1.165) is 0 Å². The Hall–Kier alpha value is -1.45. The van der Waals surface area contributed by atoms with Crippen molar-refractivity contribution in [3.63, 3.8) is 0 Å². The molecule has 1 heterocycles. The van der Waals surface area contributed by atoms with Crippen LogP contribution in [0.25, 0.3) is 0 Å². The summed E-state index contributed by atoms with van der Waals surface area (Å²) in [6.07, 6.45) is 1.43. The van der Waals surface area contributed by atoms with Crippen molar-refractivity contribution in [2.45, 2.75) is 9.24 Å². The molecule has 0 amide bonds. The first-order chi connectivity index (χ1) is 7.31. The number of hydrogen-bond acceptors (Lipinski definition) is 5. The Kier molecular flexibility index (Phi) is 2.94. The van der Waals surface area contributed by atoms with E-state index in [4.69, 9.17) is 5.26 Å². The third-order valence-electron chi connectivity index (χ3n) is 1.63. The van der Waals surface area contributed by atoms with Crippen molar-refractivity contribution in [1.82, 2.24) is 9.36 Å². The summed E-state index contributed by atoms with van der Waals surface area (Å²) in [6, 6.07) is 6.36. The summed E-state index contributed by atoms with van der Waals surface area (Å²) in [7, 11) is 0. The third kappa shape index (κ3) is 2.14. The molecule has 1 aromatic heterocycles. The number of benzene rings is 1. The van der Waals surface area contributed by atoms with E-state index < -0.39 is 5.82 Å². The molecule has 2 rings (SSSR count). The number of hydrogen-bond donors (Lipinski definition) is 0. The highest BCUT2D eigenvalue weighted by Gasteiger charge is 2.10. The molecule has 0 unspecified atom stereocenters. The molecule has 0 N–H and O–H groups in total. The molecule has 0 bridgehead atoms. The zero-order valence-corrected chi connectivity index (χ0v) is 8.98. The number of rotatable bonds is 2. The zero-order valence-electron chi connectivity index (χ0n) is 7.35. The van der Waals surface area contributed by atoms with Gasteiger partial charge in [0, 0.05) is 4.90 Å². The molecule has 0 aliphatic heterocycles. The van der Waals surface area contributed by atoms with Crippen molar-refractivity contribution < 1.29 is 4.39 Å². The van der Waals surface area contributed by atoms with Gasteiger partial charge in [0.15, 0.2) is 4.34 Å². The molecule has 0 saturated heterocycles. The lowest BCUT2D eigenvalue weighted by atomic mass is 10.2. The minimum Gasteiger partial charge on any atom is -0.216 e. The number of aromatic nitrogens is 2. The van der Waals surface area contributed by atoms with Gasteiger partial charge in [-0.25, -0.2) is 9.37 Å². The molecule has 0 aliphatic carbocycles. The average molecular weight is 237 g/mol. The van der Waals surface area contributed by atoms with Crippen LogP contribution in [0, 0.1) is 17.1 Å². The van der Waals surface area contributed by atoms with Crippen molar-refractivity contribution in [3.05, 3.63) is 35.9 Å². The zero-order chi connectivity index (χ0) is 10.7. The first kappa shape index (κ1) is 10.1. The first-order valence-electron chi connectivity index (χ1n) is 3.94. The van der Waals surface area contributed by atoms with Crippen molar-refractivity contribution in [1.29, 1.82) is 5.26 Å². The van der Waals surface area contributed by atoms with Gasteiger partial charge in [-0.15, -0.1) is 0 Å². The van der Waals surface area contributed by atoms with Crippen LogP contribution in [0.2, 0.25) is 0 Å². The fraction of sp³-hybridized carbons (Fsp3) is 0. The summed E-state index contributed by atoms with van der Waals surface area (Å²) < 4.78 is 17.7. The van der Waals surface area contributed by atoms with E-state index in [-0.39, 0.29) is 5.56 Å². The predicted octanol–water partition coefficient (Wildman–Crippen LogP) is 2.70. The summed E-state index contributed by atoms with van der Waals surface area (Å²) in [6.45, 7) is 0. The maximum atomic E-state index is 13.2. The largest absolute Gasteiger partial charge is 0.216 e. The summed E-state index contributed by atoms with van der Waals surface area (Å²) in [5.74, 6) is -0.507. The van der Waals surface area contributed by atoms with Crippen LogP contribution in [0.15, 0.2) is 33.8 Å². The van der Waals surface area contributed by atoms with Crippen LogP contribution in [0.4, 0.5) is 4.39 Å². The number of nitriles is 1. The summed E-state index contributed by atoms with van der Waals surface area (Å²) in [4.78, 5) is 4.52. The van der Waals surface area contributed by atoms with E-state index in [9.17, 15) is 4.39 Å². The van der Waals surface area contributed by atoms with E-state index in [2.05, 4.69) is 9.36 Å². The van der Waals surface area contributed by atoms with Crippen molar-refractivity contribution in [2.75, 3.05) is 0 Å². The van der Waals surface area contributed by atoms with E-state index in [0.29, 0.717) is 9.24 Å². The standard InChI is InChI=1S/C9H4FN3S2/c10-7-2-1-3-8(6(7)4-11)14-9-12-5-13-15-9/h1-3,5H. The third-order valence-corrected chi connectivity index (χ3v) is 3.40. The smallest absolute Gasteiger partial charge is 0.174 e. The second-order valence-electron chi connectivity index (χ2n) is 2.53. The Bertz CT molecular complexity index is 505. The molecule has 3 nitrogen and oxygen atoms in total. The van der Waals surface area contributed by atoms with E-state index in [1.165, 1.54) is 35.7 Å². The van der Waals surface area contributed by atoms with Gasteiger partial charge in [0.2, 0.25) is 0 Å². The molecule has 0 atom stereocenters. The molecule has 6 heteroatoms. The molecule has 0 radical (unpaired) electrons. The Morgan fingerprint density at radius 2 is 2.33 bits per heavy atom. The van der Waals surface area contributed by atoms with E-state index >= 15 is 0 Å². The molecule has 0 fully saturated rings. The maximum Gasteiger partial charge on any atom is 0.174 e. The fourth-order valence-corrected chi connectivity index (χ4v) is 2.51. The normalized spacial score (nSPS) is 9.87. The summed E-state index contributed by atoms with van der Waals surface area (Å²) in [5, 5.41) is 8.79. The summed E-state index contributed by atoms with van der Waals surface area (Å²) in [5.41, 5.74) is 0.0534. The van der Waals surface area contributed by atoms with Gasteiger partial charge in [-0.05, 0) is 23.7 Å². The maximum absolute atomic E-state index is 13.2. The van der Waals surface area contributed by atoms with Gasteiger partial charge in [0.25, 0.3) is 0 Å². The van der Waals surface area contributed by atoms with Gasteiger partial charge in [-0.2, -0.15) is 9.64 Å². The van der Waals surface area contributed by atoms with Gasteiger partial charge in [-0.1, -0.05) is 17.8 Å².